The highest BCUT2D eigenvalue weighted by molar-refractivity contribution is 7.15. The number of aromatic nitrogens is 3. The van der Waals surface area contributed by atoms with Crippen molar-refractivity contribution in [1.29, 1.82) is 0 Å². The third-order valence-electron chi connectivity index (χ3n) is 4.66. The molecule has 5 nitrogen and oxygen atoms in total. The molecule has 0 unspecified atom stereocenters. The van der Waals surface area contributed by atoms with Crippen LogP contribution in [0, 0.1) is 5.82 Å². The summed E-state index contributed by atoms with van der Waals surface area (Å²) in [6, 6.07) is 14.0. The maximum atomic E-state index is 13.3. The molecule has 0 spiro atoms. The topological polar surface area (TPSA) is 62.2 Å². The fourth-order valence-corrected chi connectivity index (χ4v) is 4.06. The zero-order valence-electron chi connectivity index (χ0n) is 14.6. The van der Waals surface area contributed by atoms with Crippen molar-refractivity contribution in [2.45, 2.75) is 6.42 Å². The Morgan fingerprint density at radius 2 is 2.00 bits per heavy atom. The van der Waals surface area contributed by atoms with Crippen LogP contribution in [0.25, 0.3) is 27.1 Å². The van der Waals surface area contributed by atoms with Crippen molar-refractivity contribution in [1.82, 2.24) is 14.4 Å². The van der Waals surface area contributed by atoms with Gasteiger partial charge in [-0.2, -0.15) is 0 Å². The number of anilines is 1. The Kier molecular flexibility index (Phi) is 3.95. The number of carbonyl (C=O) groups excluding carboxylic acids is 1. The number of hydrogen-bond acceptors (Lipinski definition) is 3. The molecule has 0 saturated carbocycles. The second-order valence-corrected chi connectivity index (χ2v) is 7.33. The molecule has 1 amide bonds. The molecule has 2 aromatic carbocycles. The molecule has 3 aromatic heterocycles. The Morgan fingerprint density at radius 1 is 1.18 bits per heavy atom. The molecule has 0 atom stereocenters. The van der Waals surface area contributed by atoms with Gasteiger partial charge in [-0.15, -0.1) is 11.3 Å². The molecule has 0 aliphatic carbocycles. The first kappa shape index (κ1) is 16.7. The number of rotatable bonds is 4. The molecule has 0 radical (unpaired) electrons. The maximum Gasteiger partial charge on any atom is 0.230 e. The second-order valence-electron chi connectivity index (χ2n) is 6.46. The number of nitrogens with zero attached hydrogens (tertiary/aromatic N) is 2. The number of imidazole rings is 1. The monoisotopic (exact) mass is 390 g/mol. The van der Waals surface area contributed by atoms with Gasteiger partial charge in [-0.1, -0.05) is 18.2 Å². The number of nitrogens with one attached hydrogen (secondary N) is 2. The van der Waals surface area contributed by atoms with Gasteiger partial charge in [-0.25, -0.2) is 9.37 Å². The average molecular weight is 390 g/mol. The van der Waals surface area contributed by atoms with Gasteiger partial charge in [-0.05, 0) is 35.9 Å². The Labute approximate surface area is 163 Å². The highest BCUT2D eigenvalue weighted by Crippen LogP contribution is 2.31. The van der Waals surface area contributed by atoms with Gasteiger partial charge in [-0.3, -0.25) is 9.20 Å². The number of fused-ring (bicyclic) bond motifs is 2. The van der Waals surface area contributed by atoms with Crippen LogP contribution < -0.4 is 5.32 Å². The van der Waals surface area contributed by atoms with Crippen molar-refractivity contribution in [2.24, 2.45) is 0 Å². The van der Waals surface area contributed by atoms with Crippen LogP contribution in [0.4, 0.5) is 10.2 Å². The summed E-state index contributed by atoms with van der Waals surface area (Å²) in [6.07, 6.45) is 3.97. The van der Waals surface area contributed by atoms with Crippen molar-refractivity contribution >= 4 is 38.9 Å². The minimum absolute atomic E-state index is 0.138. The molecule has 7 heteroatoms. The molecule has 3 heterocycles. The predicted molar refractivity (Wildman–Crippen MR) is 109 cm³/mol. The summed E-state index contributed by atoms with van der Waals surface area (Å²) in [5.41, 5.74) is 3.31. The SMILES string of the molecule is O=C(Cc1c[nH]c2ccccc12)Nc1c(-c2ccc(F)cc2)nc2sccn12. The molecule has 0 bridgehead atoms. The van der Waals surface area contributed by atoms with Gasteiger partial charge >= 0.3 is 0 Å². The van der Waals surface area contributed by atoms with E-state index in [1.54, 1.807) is 12.1 Å². The van der Waals surface area contributed by atoms with E-state index in [2.05, 4.69) is 15.3 Å². The van der Waals surface area contributed by atoms with E-state index in [0.29, 0.717) is 11.5 Å². The van der Waals surface area contributed by atoms with E-state index < -0.39 is 0 Å². The molecule has 2 N–H and O–H groups in total. The summed E-state index contributed by atoms with van der Waals surface area (Å²) >= 11 is 1.48. The molecule has 0 fully saturated rings. The number of halogens is 1. The first-order valence-electron chi connectivity index (χ1n) is 8.75. The zero-order chi connectivity index (χ0) is 19.1. The summed E-state index contributed by atoms with van der Waals surface area (Å²) in [5, 5.41) is 5.94. The molecular formula is C21H15FN4OS. The van der Waals surface area contributed by atoms with Crippen LogP contribution in [-0.4, -0.2) is 20.3 Å². The summed E-state index contributed by atoms with van der Waals surface area (Å²) in [6.45, 7) is 0. The largest absolute Gasteiger partial charge is 0.361 e. The molecule has 28 heavy (non-hydrogen) atoms. The highest BCUT2D eigenvalue weighted by atomic mass is 32.1. The van der Waals surface area contributed by atoms with E-state index in [9.17, 15) is 9.18 Å². The quantitative estimate of drug-likeness (QED) is 0.460. The first-order valence-corrected chi connectivity index (χ1v) is 9.63. The molecule has 0 aliphatic heterocycles. The van der Waals surface area contributed by atoms with E-state index >= 15 is 0 Å². The molecule has 5 rings (SSSR count). The number of carbonyl (C=O) groups is 1. The number of para-hydroxylation sites is 1. The van der Waals surface area contributed by atoms with Gasteiger partial charge < -0.3 is 10.3 Å². The van der Waals surface area contributed by atoms with Crippen LogP contribution in [0.2, 0.25) is 0 Å². The minimum Gasteiger partial charge on any atom is -0.361 e. The van der Waals surface area contributed by atoms with Crippen LogP contribution in [0.1, 0.15) is 5.56 Å². The zero-order valence-corrected chi connectivity index (χ0v) is 15.5. The van der Waals surface area contributed by atoms with E-state index in [-0.39, 0.29) is 18.1 Å². The van der Waals surface area contributed by atoms with Crippen LogP contribution >= 0.6 is 11.3 Å². The highest BCUT2D eigenvalue weighted by Gasteiger charge is 2.18. The smallest absolute Gasteiger partial charge is 0.230 e. The van der Waals surface area contributed by atoms with Crippen LogP contribution in [0.15, 0.2) is 66.3 Å². The number of hydrogen-bond donors (Lipinski definition) is 2. The van der Waals surface area contributed by atoms with Gasteiger partial charge in [0.05, 0.1) is 6.42 Å². The number of H-pyrrole nitrogens is 1. The molecule has 5 aromatic rings. The molecule has 138 valence electrons. The minimum atomic E-state index is -0.310. The third-order valence-corrected chi connectivity index (χ3v) is 5.42. The van der Waals surface area contributed by atoms with Gasteiger partial charge in [0.15, 0.2) is 4.96 Å². The molecule has 0 saturated heterocycles. The van der Waals surface area contributed by atoms with Crippen molar-refractivity contribution in [3.05, 3.63) is 77.7 Å². The van der Waals surface area contributed by atoms with E-state index in [0.717, 1.165) is 27.0 Å². The van der Waals surface area contributed by atoms with Gasteiger partial charge in [0.1, 0.15) is 17.3 Å². The van der Waals surface area contributed by atoms with Crippen molar-refractivity contribution < 1.29 is 9.18 Å². The van der Waals surface area contributed by atoms with Gasteiger partial charge in [0, 0.05) is 34.2 Å². The molecular weight excluding hydrogens is 375 g/mol. The fraction of sp³-hybridized carbons (Fsp3) is 0.0476. The number of thiazole rings is 1. The lowest BCUT2D eigenvalue weighted by Crippen LogP contribution is -2.16. The van der Waals surface area contributed by atoms with E-state index in [1.807, 2.05) is 46.4 Å². The van der Waals surface area contributed by atoms with Crippen LogP contribution in [0.3, 0.4) is 0 Å². The van der Waals surface area contributed by atoms with Crippen molar-refractivity contribution in [3.8, 4) is 11.3 Å². The maximum absolute atomic E-state index is 13.3. The van der Waals surface area contributed by atoms with Crippen LogP contribution in [-0.2, 0) is 11.2 Å². The Balaban J connectivity index is 1.48. The summed E-state index contributed by atoms with van der Waals surface area (Å²) in [7, 11) is 0. The van der Waals surface area contributed by atoms with Crippen molar-refractivity contribution in [2.75, 3.05) is 5.32 Å². The number of amides is 1. The lowest BCUT2D eigenvalue weighted by atomic mass is 10.1. The summed E-state index contributed by atoms with van der Waals surface area (Å²) < 4.78 is 15.1. The Morgan fingerprint density at radius 3 is 2.86 bits per heavy atom. The average Bonchev–Trinajstić information content (AvgIpc) is 3.39. The Bertz CT molecular complexity index is 1300. The van der Waals surface area contributed by atoms with Gasteiger partial charge in [0.25, 0.3) is 0 Å². The van der Waals surface area contributed by atoms with Crippen LogP contribution in [0.5, 0.6) is 0 Å². The third kappa shape index (κ3) is 2.86. The Hall–Kier alpha value is -3.45. The normalized spacial score (nSPS) is 11.3. The predicted octanol–water partition coefficient (Wildman–Crippen LogP) is 4.86. The van der Waals surface area contributed by atoms with E-state index in [4.69, 9.17) is 0 Å². The van der Waals surface area contributed by atoms with E-state index in [1.165, 1.54) is 23.5 Å². The van der Waals surface area contributed by atoms with Crippen molar-refractivity contribution in [3.63, 3.8) is 0 Å². The summed E-state index contributed by atoms with van der Waals surface area (Å²) in [4.78, 5) is 21.4. The molecule has 0 aliphatic rings. The number of aromatic amines is 1. The lowest BCUT2D eigenvalue weighted by Gasteiger charge is -2.07. The fourth-order valence-electron chi connectivity index (χ4n) is 3.34. The standard InChI is InChI=1S/C21H15FN4OS/c22-15-7-5-13(6-8-15)19-20(26-9-10-28-21(26)25-19)24-18(27)11-14-12-23-17-4-2-1-3-16(14)17/h1-10,12,23H,11H2,(H,24,27). The lowest BCUT2D eigenvalue weighted by molar-refractivity contribution is -0.115. The number of benzene rings is 2. The second kappa shape index (κ2) is 6.61. The van der Waals surface area contributed by atoms with Gasteiger partial charge in [0.2, 0.25) is 5.91 Å². The first-order chi connectivity index (χ1) is 13.7. The summed E-state index contributed by atoms with van der Waals surface area (Å²) in [5.74, 6) is 0.142.